The smallest absolute Gasteiger partial charge is 0.238 e. The Morgan fingerprint density at radius 1 is 1.53 bits per heavy atom. The van der Waals surface area contributed by atoms with Crippen molar-refractivity contribution < 1.29 is 4.79 Å². The van der Waals surface area contributed by atoms with Gasteiger partial charge in [0.25, 0.3) is 0 Å². The van der Waals surface area contributed by atoms with Crippen LogP contribution in [0.15, 0.2) is 18.2 Å². The molecule has 1 amide bonds. The summed E-state index contributed by atoms with van der Waals surface area (Å²) in [7, 11) is 0. The molecule has 0 atom stereocenters. The van der Waals surface area contributed by atoms with Gasteiger partial charge in [0.1, 0.15) is 0 Å². The molecule has 0 heterocycles. The van der Waals surface area contributed by atoms with Crippen molar-refractivity contribution in [2.45, 2.75) is 19.9 Å². The molecule has 0 spiro atoms. The number of carbonyl (C=O) groups is 1. The highest BCUT2D eigenvalue weighted by Crippen LogP contribution is 2.22. The van der Waals surface area contributed by atoms with E-state index in [-0.39, 0.29) is 18.5 Å². The number of hydrogen-bond acceptors (Lipinski definition) is 3. The van der Waals surface area contributed by atoms with Gasteiger partial charge in [-0.2, -0.15) is 5.26 Å². The lowest BCUT2D eigenvalue weighted by molar-refractivity contribution is -0.115. The summed E-state index contributed by atoms with van der Waals surface area (Å²) in [4.78, 5) is 11.6. The van der Waals surface area contributed by atoms with Crippen molar-refractivity contribution in [1.29, 1.82) is 5.26 Å². The number of nitriles is 1. The number of rotatable bonds is 4. The number of anilines is 1. The molecule has 0 aliphatic carbocycles. The van der Waals surface area contributed by atoms with E-state index in [0.29, 0.717) is 16.3 Å². The predicted molar refractivity (Wildman–Crippen MR) is 67.9 cm³/mol. The molecular weight excluding hydrogens is 238 g/mol. The summed E-state index contributed by atoms with van der Waals surface area (Å²) in [6, 6.07) is 6.97. The Bertz CT molecular complexity index is 452. The number of halogens is 1. The highest BCUT2D eigenvalue weighted by atomic mass is 35.5. The van der Waals surface area contributed by atoms with E-state index in [0.717, 1.165) is 0 Å². The summed E-state index contributed by atoms with van der Waals surface area (Å²) in [5, 5.41) is 14.8. The normalized spacial score (nSPS) is 10.1. The molecule has 17 heavy (non-hydrogen) atoms. The Morgan fingerprint density at radius 2 is 2.24 bits per heavy atom. The molecule has 1 aromatic rings. The molecule has 0 unspecified atom stereocenters. The van der Waals surface area contributed by atoms with E-state index in [1.54, 1.807) is 18.2 Å². The van der Waals surface area contributed by atoms with Crippen LogP contribution in [0.3, 0.4) is 0 Å². The first-order valence-electron chi connectivity index (χ1n) is 5.26. The molecule has 5 heteroatoms. The van der Waals surface area contributed by atoms with Crippen LogP contribution in [0.4, 0.5) is 5.69 Å². The third-order valence-electron chi connectivity index (χ3n) is 2.04. The van der Waals surface area contributed by atoms with Crippen LogP contribution in [-0.2, 0) is 4.79 Å². The van der Waals surface area contributed by atoms with Gasteiger partial charge in [-0.15, -0.1) is 0 Å². The van der Waals surface area contributed by atoms with Crippen molar-refractivity contribution in [2.75, 3.05) is 11.9 Å². The van der Waals surface area contributed by atoms with Gasteiger partial charge in [0.2, 0.25) is 5.91 Å². The van der Waals surface area contributed by atoms with Gasteiger partial charge >= 0.3 is 0 Å². The second kappa shape index (κ2) is 6.24. The van der Waals surface area contributed by atoms with Crippen LogP contribution < -0.4 is 10.6 Å². The van der Waals surface area contributed by atoms with Crippen LogP contribution in [0.5, 0.6) is 0 Å². The first-order chi connectivity index (χ1) is 8.02. The number of amides is 1. The SMILES string of the molecule is CC(C)NCC(=O)Nc1cc(C#N)ccc1Cl. The zero-order chi connectivity index (χ0) is 12.8. The Balaban J connectivity index is 2.68. The third-order valence-corrected chi connectivity index (χ3v) is 2.37. The van der Waals surface area contributed by atoms with Crippen LogP contribution in [0, 0.1) is 11.3 Å². The van der Waals surface area contributed by atoms with Gasteiger partial charge < -0.3 is 10.6 Å². The van der Waals surface area contributed by atoms with E-state index in [4.69, 9.17) is 16.9 Å². The molecule has 1 aromatic carbocycles. The number of nitrogens with one attached hydrogen (secondary N) is 2. The van der Waals surface area contributed by atoms with Crippen molar-refractivity contribution >= 4 is 23.2 Å². The van der Waals surface area contributed by atoms with Crippen molar-refractivity contribution in [3.05, 3.63) is 28.8 Å². The first kappa shape index (κ1) is 13.5. The molecule has 0 radical (unpaired) electrons. The van der Waals surface area contributed by atoms with Gasteiger partial charge in [-0.25, -0.2) is 0 Å². The fourth-order valence-electron chi connectivity index (χ4n) is 1.18. The standard InChI is InChI=1S/C12H14ClN3O/c1-8(2)15-7-12(17)16-11-5-9(6-14)3-4-10(11)13/h3-5,8,15H,7H2,1-2H3,(H,16,17). The van der Waals surface area contributed by atoms with Gasteiger partial charge in [0.15, 0.2) is 0 Å². The number of benzene rings is 1. The van der Waals surface area contributed by atoms with E-state index in [9.17, 15) is 4.79 Å². The second-order valence-corrected chi connectivity index (χ2v) is 4.30. The molecule has 90 valence electrons. The van der Waals surface area contributed by atoms with Gasteiger partial charge in [-0.1, -0.05) is 25.4 Å². The molecule has 4 nitrogen and oxygen atoms in total. The van der Waals surface area contributed by atoms with E-state index in [1.165, 1.54) is 0 Å². The lowest BCUT2D eigenvalue weighted by atomic mass is 10.2. The van der Waals surface area contributed by atoms with E-state index < -0.39 is 0 Å². The Labute approximate surface area is 106 Å². The quantitative estimate of drug-likeness (QED) is 0.862. The maximum atomic E-state index is 11.6. The van der Waals surface area contributed by atoms with Crippen molar-refractivity contribution in [3.8, 4) is 6.07 Å². The first-order valence-corrected chi connectivity index (χ1v) is 5.63. The fraction of sp³-hybridized carbons (Fsp3) is 0.333. The number of nitrogens with zero attached hydrogens (tertiary/aromatic N) is 1. The Kier molecular flexibility index (Phi) is 4.95. The van der Waals surface area contributed by atoms with Crippen LogP contribution in [0.2, 0.25) is 5.02 Å². The lowest BCUT2D eigenvalue weighted by Crippen LogP contribution is -2.32. The molecule has 0 aromatic heterocycles. The van der Waals surface area contributed by atoms with Gasteiger partial charge in [-0.05, 0) is 18.2 Å². The van der Waals surface area contributed by atoms with Crippen LogP contribution in [-0.4, -0.2) is 18.5 Å². The van der Waals surface area contributed by atoms with Crippen molar-refractivity contribution in [3.63, 3.8) is 0 Å². The summed E-state index contributed by atoms with van der Waals surface area (Å²) in [6.45, 7) is 4.12. The predicted octanol–water partition coefficient (Wildman–Crippen LogP) is 2.15. The van der Waals surface area contributed by atoms with Gasteiger partial charge in [-0.3, -0.25) is 4.79 Å². The maximum Gasteiger partial charge on any atom is 0.238 e. The highest BCUT2D eigenvalue weighted by Gasteiger charge is 2.07. The molecular formula is C12H14ClN3O. The molecule has 0 saturated heterocycles. The molecule has 1 rings (SSSR count). The van der Waals surface area contributed by atoms with Crippen LogP contribution in [0.1, 0.15) is 19.4 Å². The minimum atomic E-state index is -0.185. The molecule has 0 fully saturated rings. The molecule has 0 aliphatic rings. The second-order valence-electron chi connectivity index (χ2n) is 3.89. The average molecular weight is 252 g/mol. The summed E-state index contributed by atoms with van der Waals surface area (Å²) in [5.41, 5.74) is 0.919. The van der Waals surface area contributed by atoms with Crippen molar-refractivity contribution in [2.24, 2.45) is 0 Å². The molecule has 0 saturated carbocycles. The van der Waals surface area contributed by atoms with Crippen molar-refractivity contribution in [1.82, 2.24) is 5.32 Å². The van der Waals surface area contributed by atoms with E-state index in [2.05, 4.69) is 10.6 Å². The van der Waals surface area contributed by atoms with E-state index in [1.807, 2.05) is 19.9 Å². The minimum Gasteiger partial charge on any atom is -0.324 e. The van der Waals surface area contributed by atoms with Crippen LogP contribution >= 0.6 is 11.6 Å². The Hall–Kier alpha value is -1.57. The maximum absolute atomic E-state index is 11.6. The molecule has 0 bridgehead atoms. The van der Waals surface area contributed by atoms with Gasteiger partial charge in [0, 0.05) is 6.04 Å². The topological polar surface area (TPSA) is 64.9 Å². The lowest BCUT2D eigenvalue weighted by Gasteiger charge is -2.10. The number of hydrogen-bond donors (Lipinski definition) is 2. The summed E-state index contributed by atoms with van der Waals surface area (Å²) in [6.07, 6.45) is 0. The molecule has 2 N–H and O–H groups in total. The summed E-state index contributed by atoms with van der Waals surface area (Å²) >= 11 is 5.92. The fourth-order valence-corrected chi connectivity index (χ4v) is 1.35. The van der Waals surface area contributed by atoms with Gasteiger partial charge in [0.05, 0.1) is 28.9 Å². The summed E-state index contributed by atoms with van der Waals surface area (Å²) < 4.78 is 0. The minimum absolute atomic E-state index is 0.185. The molecule has 0 aliphatic heterocycles. The zero-order valence-electron chi connectivity index (χ0n) is 9.75. The Morgan fingerprint density at radius 3 is 2.82 bits per heavy atom. The monoisotopic (exact) mass is 251 g/mol. The summed E-state index contributed by atoms with van der Waals surface area (Å²) in [5.74, 6) is -0.185. The highest BCUT2D eigenvalue weighted by molar-refractivity contribution is 6.33. The van der Waals surface area contributed by atoms with E-state index >= 15 is 0 Å². The largest absolute Gasteiger partial charge is 0.324 e. The number of carbonyl (C=O) groups excluding carboxylic acids is 1. The zero-order valence-corrected chi connectivity index (χ0v) is 10.5. The third kappa shape index (κ3) is 4.43. The average Bonchev–Trinajstić information content (AvgIpc) is 2.29. The van der Waals surface area contributed by atoms with Crippen LogP contribution in [0.25, 0.3) is 0 Å².